The Kier molecular flexibility index (Phi) is 6.19. The third kappa shape index (κ3) is 4.28. The van der Waals surface area contributed by atoms with Crippen LogP contribution in [0, 0.1) is 0 Å². The van der Waals surface area contributed by atoms with Crippen LogP contribution in [0.4, 0.5) is 0 Å². The summed E-state index contributed by atoms with van der Waals surface area (Å²) in [7, 11) is 0. The lowest BCUT2D eigenvalue weighted by Gasteiger charge is -2.23. The smallest absolute Gasteiger partial charge is 0.164 e. The molecule has 0 N–H and O–H groups in total. The standard InChI is InChI=1S/C46H32N4/c1-46(2)39-28-41-38(27-37(39)36-25-24-29-14-9-10-21-34(29)42(36)46)35-22-11-12-23-40(35)50(41)33-20-13-19-32(26-33)45-48-43(30-15-5-3-6-16-30)47-44(49-45)31-17-7-4-8-18-31/h3-28H,1-2H3. The first kappa shape index (κ1) is 28.6. The summed E-state index contributed by atoms with van der Waals surface area (Å²) < 4.78 is 2.41. The Bertz CT molecular complexity index is 2720. The van der Waals surface area contributed by atoms with Gasteiger partial charge in [-0.25, -0.2) is 15.0 Å². The molecule has 7 aromatic carbocycles. The van der Waals surface area contributed by atoms with Crippen molar-refractivity contribution in [2.75, 3.05) is 0 Å². The maximum absolute atomic E-state index is 5.03. The summed E-state index contributed by atoms with van der Waals surface area (Å²) in [4.78, 5) is 15.0. The van der Waals surface area contributed by atoms with E-state index in [1.165, 1.54) is 54.8 Å². The van der Waals surface area contributed by atoms with Gasteiger partial charge < -0.3 is 4.57 Å². The van der Waals surface area contributed by atoms with Crippen molar-refractivity contribution >= 4 is 32.6 Å². The molecule has 0 amide bonds. The van der Waals surface area contributed by atoms with Crippen LogP contribution in [0.2, 0.25) is 0 Å². The number of hydrogen-bond acceptors (Lipinski definition) is 3. The Hall–Kier alpha value is -6.39. The maximum atomic E-state index is 5.03. The van der Waals surface area contributed by atoms with Crippen molar-refractivity contribution in [3.8, 4) is 51.0 Å². The van der Waals surface area contributed by atoms with E-state index in [0.29, 0.717) is 17.5 Å². The van der Waals surface area contributed by atoms with Gasteiger partial charge in [0.15, 0.2) is 17.5 Å². The number of rotatable bonds is 4. The highest BCUT2D eigenvalue weighted by Gasteiger charge is 2.37. The highest BCUT2D eigenvalue weighted by Crippen LogP contribution is 2.53. The molecule has 50 heavy (non-hydrogen) atoms. The molecule has 2 aromatic heterocycles. The molecule has 4 heteroatoms. The van der Waals surface area contributed by atoms with Gasteiger partial charge >= 0.3 is 0 Å². The molecule has 0 saturated carbocycles. The Morgan fingerprint density at radius 3 is 1.76 bits per heavy atom. The minimum Gasteiger partial charge on any atom is -0.309 e. The summed E-state index contributed by atoms with van der Waals surface area (Å²) >= 11 is 0. The third-order valence-electron chi connectivity index (χ3n) is 10.4. The molecule has 0 fully saturated rings. The zero-order valence-electron chi connectivity index (χ0n) is 27.8. The van der Waals surface area contributed by atoms with Gasteiger partial charge in [0.2, 0.25) is 0 Å². The monoisotopic (exact) mass is 640 g/mol. The van der Waals surface area contributed by atoms with Crippen LogP contribution in [0.3, 0.4) is 0 Å². The van der Waals surface area contributed by atoms with E-state index in [-0.39, 0.29) is 5.41 Å². The van der Waals surface area contributed by atoms with Crippen LogP contribution in [-0.4, -0.2) is 19.5 Å². The van der Waals surface area contributed by atoms with Gasteiger partial charge in [-0.15, -0.1) is 0 Å². The summed E-state index contributed by atoms with van der Waals surface area (Å²) in [5, 5.41) is 5.10. The van der Waals surface area contributed by atoms with E-state index in [1.54, 1.807) is 0 Å². The fourth-order valence-electron chi connectivity index (χ4n) is 8.06. The Morgan fingerprint density at radius 1 is 0.440 bits per heavy atom. The van der Waals surface area contributed by atoms with Crippen LogP contribution in [0.15, 0.2) is 158 Å². The molecule has 1 aliphatic rings. The normalized spacial score (nSPS) is 13.2. The summed E-state index contributed by atoms with van der Waals surface area (Å²) in [6, 6.07) is 55.9. The molecule has 0 radical (unpaired) electrons. The Balaban J connectivity index is 1.18. The minimum atomic E-state index is -0.157. The predicted octanol–water partition coefficient (Wildman–Crippen LogP) is 11.4. The van der Waals surface area contributed by atoms with Crippen molar-refractivity contribution < 1.29 is 0 Å². The maximum Gasteiger partial charge on any atom is 0.164 e. The van der Waals surface area contributed by atoms with Gasteiger partial charge in [0.25, 0.3) is 0 Å². The molecule has 4 nitrogen and oxygen atoms in total. The van der Waals surface area contributed by atoms with Crippen molar-refractivity contribution in [2.45, 2.75) is 19.3 Å². The second-order valence-electron chi connectivity index (χ2n) is 13.7. The summed E-state index contributed by atoms with van der Waals surface area (Å²) in [6.45, 7) is 4.75. The summed E-state index contributed by atoms with van der Waals surface area (Å²) in [5.41, 5.74) is 11.5. The first-order valence-electron chi connectivity index (χ1n) is 17.1. The van der Waals surface area contributed by atoms with E-state index in [9.17, 15) is 0 Å². The molecule has 0 aliphatic heterocycles. The van der Waals surface area contributed by atoms with E-state index in [1.807, 2.05) is 60.7 Å². The third-order valence-corrected chi connectivity index (χ3v) is 10.4. The largest absolute Gasteiger partial charge is 0.309 e. The summed E-state index contributed by atoms with van der Waals surface area (Å²) in [5.74, 6) is 1.95. The molecule has 236 valence electrons. The second-order valence-corrected chi connectivity index (χ2v) is 13.7. The molecule has 0 unspecified atom stereocenters. The van der Waals surface area contributed by atoms with Crippen LogP contribution >= 0.6 is 0 Å². The number of para-hydroxylation sites is 1. The van der Waals surface area contributed by atoms with E-state index >= 15 is 0 Å². The fourth-order valence-corrected chi connectivity index (χ4v) is 8.06. The molecule has 0 spiro atoms. The van der Waals surface area contributed by atoms with Crippen LogP contribution in [0.25, 0.3) is 83.6 Å². The van der Waals surface area contributed by atoms with Crippen molar-refractivity contribution in [1.82, 2.24) is 19.5 Å². The van der Waals surface area contributed by atoms with Crippen LogP contribution in [0.1, 0.15) is 25.0 Å². The van der Waals surface area contributed by atoms with Gasteiger partial charge in [-0.2, -0.15) is 0 Å². The molecular weight excluding hydrogens is 609 g/mol. The lowest BCUT2D eigenvalue weighted by molar-refractivity contribution is 0.667. The average Bonchev–Trinajstić information content (AvgIpc) is 3.62. The summed E-state index contributed by atoms with van der Waals surface area (Å²) in [6.07, 6.45) is 0. The number of benzene rings is 7. The van der Waals surface area contributed by atoms with Gasteiger partial charge in [0, 0.05) is 38.6 Å². The molecule has 2 heterocycles. The van der Waals surface area contributed by atoms with E-state index in [2.05, 4.69) is 115 Å². The fraction of sp³-hybridized carbons (Fsp3) is 0.0652. The van der Waals surface area contributed by atoms with Gasteiger partial charge in [-0.1, -0.05) is 141 Å². The number of fused-ring (bicyclic) bond motifs is 8. The van der Waals surface area contributed by atoms with Gasteiger partial charge in [0.05, 0.1) is 11.0 Å². The van der Waals surface area contributed by atoms with E-state index in [0.717, 1.165) is 22.4 Å². The van der Waals surface area contributed by atoms with Crippen molar-refractivity contribution in [1.29, 1.82) is 0 Å². The average molecular weight is 641 g/mol. The quantitative estimate of drug-likeness (QED) is 0.192. The van der Waals surface area contributed by atoms with E-state index < -0.39 is 0 Å². The SMILES string of the molecule is CC1(C)c2cc3c(cc2-c2ccc4ccccc4c21)c1ccccc1n3-c1cccc(-c2nc(-c3ccccc3)nc(-c3ccccc3)n2)c1. The van der Waals surface area contributed by atoms with Crippen molar-refractivity contribution in [2.24, 2.45) is 0 Å². The lowest BCUT2D eigenvalue weighted by atomic mass is 9.80. The zero-order chi connectivity index (χ0) is 33.4. The lowest BCUT2D eigenvalue weighted by Crippen LogP contribution is -2.15. The topological polar surface area (TPSA) is 43.6 Å². The Morgan fingerprint density at radius 2 is 1.04 bits per heavy atom. The van der Waals surface area contributed by atoms with Crippen molar-refractivity contribution in [3.05, 3.63) is 169 Å². The number of hydrogen-bond donors (Lipinski definition) is 0. The van der Waals surface area contributed by atoms with Gasteiger partial charge in [-0.05, 0) is 63.4 Å². The zero-order valence-corrected chi connectivity index (χ0v) is 27.8. The van der Waals surface area contributed by atoms with Crippen LogP contribution < -0.4 is 0 Å². The molecular formula is C46H32N4. The highest BCUT2D eigenvalue weighted by atomic mass is 15.0. The Labute approximate surface area is 290 Å². The van der Waals surface area contributed by atoms with Crippen LogP contribution in [0.5, 0.6) is 0 Å². The first-order chi connectivity index (χ1) is 24.5. The molecule has 10 rings (SSSR count). The molecule has 0 bridgehead atoms. The molecule has 0 saturated heterocycles. The second kappa shape index (κ2) is 10.8. The molecule has 0 atom stereocenters. The van der Waals surface area contributed by atoms with E-state index in [4.69, 9.17) is 15.0 Å². The molecule has 9 aromatic rings. The van der Waals surface area contributed by atoms with Gasteiger partial charge in [0.1, 0.15) is 0 Å². The minimum absolute atomic E-state index is 0.157. The van der Waals surface area contributed by atoms with Crippen molar-refractivity contribution in [3.63, 3.8) is 0 Å². The highest BCUT2D eigenvalue weighted by molar-refractivity contribution is 6.12. The predicted molar refractivity (Wildman–Crippen MR) is 206 cm³/mol. The molecule has 1 aliphatic carbocycles. The van der Waals surface area contributed by atoms with Crippen LogP contribution in [-0.2, 0) is 5.41 Å². The first-order valence-corrected chi connectivity index (χ1v) is 17.1. The van der Waals surface area contributed by atoms with Gasteiger partial charge in [-0.3, -0.25) is 0 Å². The number of nitrogens with zero attached hydrogens (tertiary/aromatic N) is 4. The number of aromatic nitrogens is 4.